The summed E-state index contributed by atoms with van der Waals surface area (Å²) in [7, 11) is 0. The molecule has 2 unspecified atom stereocenters. The molecule has 2 aliphatic rings. The number of likely N-dealkylation sites (tertiary alicyclic amines) is 1. The molecule has 3 nitrogen and oxygen atoms in total. The van der Waals surface area contributed by atoms with Gasteiger partial charge in [-0.15, -0.1) is 0 Å². The van der Waals surface area contributed by atoms with Crippen LogP contribution in [0.1, 0.15) is 32.6 Å². The molecule has 2 aliphatic heterocycles. The van der Waals surface area contributed by atoms with Crippen LogP contribution in [0, 0.1) is 11.8 Å². The van der Waals surface area contributed by atoms with Crippen LogP contribution >= 0.6 is 0 Å². The van der Waals surface area contributed by atoms with Crippen molar-refractivity contribution in [2.45, 2.75) is 32.6 Å². The Kier molecular flexibility index (Phi) is 5.75. The van der Waals surface area contributed by atoms with Gasteiger partial charge >= 0.3 is 0 Å². The summed E-state index contributed by atoms with van der Waals surface area (Å²) >= 11 is 0. The van der Waals surface area contributed by atoms with E-state index in [4.69, 9.17) is 4.74 Å². The summed E-state index contributed by atoms with van der Waals surface area (Å²) in [5.74, 6) is 1.74. The van der Waals surface area contributed by atoms with Crippen LogP contribution in [0.4, 0.5) is 0 Å². The smallest absolute Gasteiger partial charge is 0.0507 e. The summed E-state index contributed by atoms with van der Waals surface area (Å²) in [6.07, 6.45) is 5.43. The van der Waals surface area contributed by atoms with Crippen LogP contribution < -0.4 is 5.32 Å². The Hall–Kier alpha value is -0.120. The average Bonchev–Trinajstić information content (AvgIpc) is 2.96. The van der Waals surface area contributed by atoms with E-state index in [1.807, 2.05) is 0 Å². The van der Waals surface area contributed by atoms with E-state index in [2.05, 4.69) is 17.1 Å². The number of hydrogen-bond donors (Lipinski definition) is 1. The normalized spacial score (nSPS) is 30.2. The second kappa shape index (κ2) is 7.34. The Morgan fingerprint density at radius 1 is 1.29 bits per heavy atom. The molecule has 17 heavy (non-hydrogen) atoms. The van der Waals surface area contributed by atoms with Crippen molar-refractivity contribution in [2.75, 3.05) is 45.9 Å². The van der Waals surface area contributed by atoms with E-state index < -0.39 is 0 Å². The minimum atomic E-state index is 0.765. The molecule has 0 aromatic rings. The van der Waals surface area contributed by atoms with Crippen LogP contribution in [-0.2, 0) is 4.74 Å². The van der Waals surface area contributed by atoms with E-state index in [1.54, 1.807) is 0 Å². The van der Waals surface area contributed by atoms with Crippen molar-refractivity contribution < 1.29 is 4.74 Å². The first-order valence-corrected chi connectivity index (χ1v) is 7.39. The first-order valence-electron chi connectivity index (χ1n) is 7.39. The van der Waals surface area contributed by atoms with E-state index in [-0.39, 0.29) is 0 Å². The minimum Gasteiger partial charge on any atom is -0.381 e. The predicted molar refractivity (Wildman–Crippen MR) is 71.3 cm³/mol. The Labute approximate surface area is 106 Å². The van der Waals surface area contributed by atoms with Crippen LogP contribution in [0.15, 0.2) is 0 Å². The van der Waals surface area contributed by atoms with E-state index in [0.717, 1.165) is 38.1 Å². The van der Waals surface area contributed by atoms with Crippen LogP contribution in [0.2, 0.25) is 0 Å². The highest BCUT2D eigenvalue weighted by molar-refractivity contribution is 4.76. The van der Waals surface area contributed by atoms with Gasteiger partial charge in [-0.2, -0.15) is 0 Å². The molecule has 100 valence electrons. The van der Waals surface area contributed by atoms with Gasteiger partial charge in [0.2, 0.25) is 0 Å². The second-order valence-corrected chi connectivity index (χ2v) is 5.68. The molecule has 0 bridgehead atoms. The molecule has 1 N–H and O–H groups in total. The number of nitrogens with zero attached hydrogens (tertiary/aromatic N) is 1. The van der Waals surface area contributed by atoms with Crippen LogP contribution in [0.25, 0.3) is 0 Å². The molecule has 2 heterocycles. The summed E-state index contributed by atoms with van der Waals surface area (Å²) in [6, 6.07) is 0. The van der Waals surface area contributed by atoms with Gasteiger partial charge < -0.3 is 15.0 Å². The molecule has 0 spiro atoms. The van der Waals surface area contributed by atoms with Gasteiger partial charge in [0.25, 0.3) is 0 Å². The Balaban J connectivity index is 1.48. The summed E-state index contributed by atoms with van der Waals surface area (Å²) in [4.78, 5) is 2.62. The van der Waals surface area contributed by atoms with Gasteiger partial charge in [0.1, 0.15) is 0 Å². The van der Waals surface area contributed by atoms with Gasteiger partial charge in [-0.05, 0) is 37.6 Å². The quantitative estimate of drug-likeness (QED) is 0.686. The molecule has 0 radical (unpaired) electrons. The molecule has 2 atom stereocenters. The van der Waals surface area contributed by atoms with Crippen molar-refractivity contribution in [3.8, 4) is 0 Å². The molecule has 0 aromatic heterocycles. The third-order valence-corrected chi connectivity index (χ3v) is 4.13. The maximum atomic E-state index is 5.38. The SMILES string of the molecule is CCCC1CCN(CCNCC2CCOC2)C1. The van der Waals surface area contributed by atoms with E-state index in [1.165, 1.54) is 45.3 Å². The number of hydrogen-bond acceptors (Lipinski definition) is 3. The van der Waals surface area contributed by atoms with Crippen molar-refractivity contribution in [3.05, 3.63) is 0 Å². The van der Waals surface area contributed by atoms with Crippen molar-refractivity contribution >= 4 is 0 Å². The third kappa shape index (κ3) is 4.57. The number of ether oxygens (including phenoxy) is 1. The summed E-state index contributed by atoms with van der Waals surface area (Å²) in [6.45, 7) is 10.4. The van der Waals surface area contributed by atoms with Crippen molar-refractivity contribution in [1.82, 2.24) is 10.2 Å². The highest BCUT2D eigenvalue weighted by Gasteiger charge is 2.21. The maximum Gasteiger partial charge on any atom is 0.0507 e. The molecule has 2 rings (SSSR count). The summed E-state index contributed by atoms with van der Waals surface area (Å²) in [5.41, 5.74) is 0. The zero-order chi connectivity index (χ0) is 11.9. The molecule has 2 saturated heterocycles. The first kappa shape index (κ1) is 13.3. The predicted octanol–water partition coefficient (Wildman–Crippen LogP) is 1.73. The third-order valence-electron chi connectivity index (χ3n) is 4.13. The fourth-order valence-electron chi connectivity index (χ4n) is 3.05. The molecule has 0 aliphatic carbocycles. The zero-order valence-electron chi connectivity index (χ0n) is 11.3. The largest absolute Gasteiger partial charge is 0.381 e. The summed E-state index contributed by atoms with van der Waals surface area (Å²) in [5, 5.41) is 3.58. The monoisotopic (exact) mass is 240 g/mol. The van der Waals surface area contributed by atoms with Crippen molar-refractivity contribution in [2.24, 2.45) is 11.8 Å². The number of nitrogens with one attached hydrogen (secondary N) is 1. The lowest BCUT2D eigenvalue weighted by Gasteiger charge is -2.17. The molecule has 0 saturated carbocycles. The standard InChI is InChI=1S/C14H28N2O/c1-2-3-13-4-7-16(11-13)8-6-15-10-14-5-9-17-12-14/h13-15H,2-12H2,1H3. The summed E-state index contributed by atoms with van der Waals surface area (Å²) < 4.78 is 5.38. The van der Waals surface area contributed by atoms with Gasteiger partial charge in [0.15, 0.2) is 0 Å². The van der Waals surface area contributed by atoms with E-state index in [0.29, 0.717) is 0 Å². The van der Waals surface area contributed by atoms with Gasteiger partial charge in [0.05, 0.1) is 6.61 Å². The van der Waals surface area contributed by atoms with Crippen LogP contribution in [0.5, 0.6) is 0 Å². The topological polar surface area (TPSA) is 24.5 Å². The number of rotatable bonds is 7. The van der Waals surface area contributed by atoms with Gasteiger partial charge in [-0.3, -0.25) is 0 Å². The van der Waals surface area contributed by atoms with Gasteiger partial charge in [0, 0.05) is 32.8 Å². The average molecular weight is 240 g/mol. The highest BCUT2D eigenvalue weighted by atomic mass is 16.5. The fraction of sp³-hybridized carbons (Fsp3) is 1.00. The Morgan fingerprint density at radius 3 is 3.00 bits per heavy atom. The van der Waals surface area contributed by atoms with E-state index >= 15 is 0 Å². The second-order valence-electron chi connectivity index (χ2n) is 5.68. The maximum absolute atomic E-state index is 5.38. The Bertz CT molecular complexity index is 204. The fourth-order valence-corrected chi connectivity index (χ4v) is 3.05. The van der Waals surface area contributed by atoms with Crippen LogP contribution in [-0.4, -0.2) is 50.8 Å². The lowest BCUT2D eigenvalue weighted by molar-refractivity contribution is 0.185. The lowest BCUT2D eigenvalue weighted by atomic mass is 10.0. The minimum absolute atomic E-state index is 0.765. The molecule has 0 amide bonds. The first-order chi connectivity index (χ1) is 8.38. The molecule has 2 fully saturated rings. The van der Waals surface area contributed by atoms with Crippen molar-refractivity contribution in [1.29, 1.82) is 0 Å². The lowest BCUT2D eigenvalue weighted by Crippen LogP contribution is -2.33. The van der Waals surface area contributed by atoms with Gasteiger partial charge in [-0.1, -0.05) is 13.3 Å². The highest BCUT2D eigenvalue weighted by Crippen LogP contribution is 2.20. The zero-order valence-corrected chi connectivity index (χ0v) is 11.3. The van der Waals surface area contributed by atoms with Gasteiger partial charge in [-0.25, -0.2) is 0 Å². The molecule has 3 heteroatoms. The molecular weight excluding hydrogens is 212 g/mol. The van der Waals surface area contributed by atoms with E-state index in [9.17, 15) is 0 Å². The van der Waals surface area contributed by atoms with Crippen molar-refractivity contribution in [3.63, 3.8) is 0 Å². The molecule has 0 aromatic carbocycles. The van der Waals surface area contributed by atoms with Crippen LogP contribution in [0.3, 0.4) is 0 Å². The molecular formula is C14H28N2O. The Morgan fingerprint density at radius 2 is 2.24 bits per heavy atom.